The van der Waals surface area contributed by atoms with Crippen molar-refractivity contribution in [3.63, 3.8) is 0 Å². The maximum atomic E-state index is 9.89. The fourth-order valence-corrected chi connectivity index (χ4v) is 2.16. The molecule has 0 spiro atoms. The minimum Gasteiger partial charge on any atom is -0.489 e. The van der Waals surface area contributed by atoms with E-state index in [9.17, 15) is 10.2 Å². The molecule has 0 heterocycles. The number of aliphatic hydroxyl groups excluding tert-OH is 1. The highest BCUT2D eigenvalue weighted by molar-refractivity contribution is 5.42. The normalized spacial score (nSPS) is 17.9. The van der Waals surface area contributed by atoms with E-state index in [4.69, 9.17) is 10.00 Å². The van der Waals surface area contributed by atoms with Crippen molar-refractivity contribution in [3.8, 4) is 11.8 Å². The van der Waals surface area contributed by atoms with E-state index in [0.29, 0.717) is 24.4 Å². The number of nitrogens with zero attached hydrogens (tertiary/aromatic N) is 1. The van der Waals surface area contributed by atoms with Crippen molar-refractivity contribution >= 4 is 0 Å². The highest BCUT2D eigenvalue weighted by Gasteiger charge is 2.33. The van der Waals surface area contributed by atoms with Crippen LogP contribution in [0.3, 0.4) is 0 Å². The van der Waals surface area contributed by atoms with Gasteiger partial charge in [0.05, 0.1) is 11.2 Å². The second-order valence-electron chi connectivity index (χ2n) is 5.28. The van der Waals surface area contributed by atoms with Gasteiger partial charge in [-0.3, -0.25) is 0 Å². The number of benzene rings is 1. The Kier molecular flexibility index (Phi) is 4.96. The molecule has 1 aromatic rings. The molecule has 1 atom stereocenters. The summed E-state index contributed by atoms with van der Waals surface area (Å²) < 4.78 is 5.44. The minimum atomic E-state index is -0.676. The Labute approximate surface area is 118 Å². The predicted molar refractivity (Wildman–Crippen MR) is 74.3 cm³/mol. The molecule has 1 unspecified atom stereocenters. The maximum Gasteiger partial charge on any atom is 0.137 e. The van der Waals surface area contributed by atoms with E-state index in [1.54, 1.807) is 24.3 Å². The quantitative estimate of drug-likeness (QED) is 0.686. The van der Waals surface area contributed by atoms with Crippen molar-refractivity contribution in [1.29, 1.82) is 5.26 Å². The molecular weight excluding hydrogens is 256 g/mol. The first-order valence-corrected chi connectivity index (χ1v) is 6.86. The van der Waals surface area contributed by atoms with Crippen molar-refractivity contribution in [2.75, 3.05) is 19.7 Å². The largest absolute Gasteiger partial charge is 0.489 e. The highest BCUT2D eigenvalue weighted by atomic mass is 16.5. The lowest BCUT2D eigenvalue weighted by Crippen LogP contribution is -2.48. The zero-order chi connectivity index (χ0) is 14.4. The van der Waals surface area contributed by atoms with Crippen LogP contribution in [0.5, 0.6) is 5.75 Å². The monoisotopic (exact) mass is 276 g/mol. The lowest BCUT2D eigenvalue weighted by molar-refractivity contribution is -0.0334. The summed E-state index contributed by atoms with van der Waals surface area (Å²) in [5.41, 5.74) is -0.134. The molecule has 2 rings (SSSR count). The van der Waals surface area contributed by atoms with Crippen molar-refractivity contribution in [1.82, 2.24) is 5.32 Å². The van der Waals surface area contributed by atoms with Crippen LogP contribution in [0.15, 0.2) is 24.3 Å². The molecule has 0 aromatic heterocycles. The molecular formula is C15H20N2O3. The fourth-order valence-electron chi connectivity index (χ4n) is 2.16. The Bertz CT molecular complexity index is 480. The lowest BCUT2D eigenvalue weighted by atomic mass is 9.80. The summed E-state index contributed by atoms with van der Waals surface area (Å²) in [5, 5.41) is 31.7. The van der Waals surface area contributed by atoms with E-state index in [1.807, 2.05) is 6.07 Å². The van der Waals surface area contributed by atoms with Crippen LogP contribution >= 0.6 is 0 Å². The molecule has 3 N–H and O–H groups in total. The third-order valence-electron chi connectivity index (χ3n) is 3.56. The van der Waals surface area contributed by atoms with Crippen LogP contribution in [-0.4, -0.2) is 41.6 Å². The van der Waals surface area contributed by atoms with Gasteiger partial charge in [0.2, 0.25) is 0 Å². The van der Waals surface area contributed by atoms with Crippen LogP contribution in [0.4, 0.5) is 0 Å². The van der Waals surface area contributed by atoms with Crippen LogP contribution in [-0.2, 0) is 0 Å². The van der Waals surface area contributed by atoms with Crippen LogP contribution in [0.25, 0.3) is 0 Å². The van der Waals surface area contributed by atoms with Crippen LogP contribution in [0.1, 0.15) is 24.8 Å². The van der Waals surface area contributed by atoms with Gasteiger partial charge in [-0.15, -0.1) is 0 Å². The van der Waals surface area contributed by atoms with Gasteiger partial charge in [0.15, 0.2) is 0 Å². The molecule has 1 fully saturated rings. The first-order valence-electron chi connectivity index (χ1n) is 6.86. The van der Waals surface area contributed by atoms with E-state index in [-0.39, 0.29) is 6.61 Å². The van der Waals surface area contributed by atoms with Crippen molar-refractivity contribution in [2.45, 2.75) is 31.0 Å². The van der Waals surface area contributed by atoms with Gasteiger partial charge in [0.1, 0.15) is 24.5 Å². The van der Waals surface area contributed by atoms with Crippen LogP contribution in [0.2, 0.25) is 0 Å². The van der Waals surface area contributed by atoms with Gasteiger partial charge in [0.25, 0.3) is 0 Å². The van der Waals surface area contributed by atoms with Crippen molar-refractivity contribution in [3.05, 3.63) is 29.8 Å². The first kappa shape index (κ1) is 14.8. The van der Waals surface area contributed by atoms with E-state index in [2.05, 4.69) is 5.32 Å². The van der Waals surface area contributed by atoms with Crippen molar-refractivity contribution < 1.29 is 14.9 Å². The van der Waals surface area contributed by atoms with Crippen LogP contribution in [0, 0.1) is 11.3 Å². The van der Waals surface area contributed by atoms with Gasteiger partial charge < -0.3 is 20.3 Å². The van der Waals surface area contributed by atoms with Gasteiger partial charge in [0, 0.05) is 13.1 Å². The summed E-state index contributed by atoms with van der Waals surface area (Å²) in [6, 6.07) is 8.97. The van der Waals surface area contributed by atoms with Gasteiger partial charge in [-0.25, -0.2) is 0 Å². The summed E-state index contributed by atoms with van der Waals surface area (Å²) in [6.07, 6.45) is 2.03. The summed E-state index contributed by atoms with van der Waals surface area (Å²) in [7, 11) is 0. The standard InChI is InChI=1S/C15H20N2O3/c16-8-12-4-1-2-5-14(12)20-10-13(18)9-17-11-15(19)6-3-7-15/h1-2,4-5,13,17-19H,3,6-7,9-11H2. The molecule has 1 saturated carbocycles. The molecule has 1 aliphatic rings. The predicted octanol–water partition coefficient (Wildman–Crippen LogP) is 0.803. The Morgan fingerprint density at radius 3 is 2.80 bits per heavy atom. The Balaban J connectivity index is 1.69. The number of rotatable bonds is 7. The third-order valence-corrected chi connectivity index (χ3v) is 3.56. The molecule has 1 aromatic carbocycles. The Hall–Kier alpha value is -1.61. The number of nitrogens with one attached hydrogen (secondary N) is 1. The van der Waals surface area contributed by atoms with Gasteiger partial charge in [-0.05, 0) is 31.4 Å². The Morgan fingerprint density at radius 1 is 1.40 bits per heavy atom. The van der Waals surface area contributed by atoms with E-state index < -0.39 is 11.7 Å². The number of hydrogen-bond donors (Lipinski definition) is 3. The van der Waals surface area contributed by atoms with E-state index in [0.717, 1.165) is 19.3 Å². The minimum absolute atomic E-state index is 0.115. The summed E-state index contributed by atoms with van der Waals surface area (Å²) in [4.78, 5) is 0. The first-order chi connectivity index (χ1) is 9.63. The molecule has 5 heteroatoms. The fraction of sp³-hybridized carbons (Fsp3) is 0.533. The molecule has 108 valence electrons. The SMILES string of the molecule is N#Cc1ccccc1OCC(O)CNCC1(O)CCC1. The van der Waals surface area contributed by atoms with Crippen molar-refractivity contribution in [2.24, 2.45) is 0 Å². The number of ether oxygens (including phenoxy) is 1. The van der Waals surface area contributed by atoms with E-state index in [1.165, 1.54) is 0 Å². The topological polar surface area (TPSA) is 85.5 Å². The third kappa shape index (κ3) is 3.94. The van der Waals surface area contributed by atoms with E-state index >= 15 is 0 Å². The van der Waals surface area contributed by atoms with Gasteiger partial charge in [-0.1, -0.05) is 12.1 Å². The molecule has 5 nitrogen and oxygen atoms in total. The summed E-state index contributed by atoms with van der Waals surface area (Å²) in [6.45, 7) is 0.972. The lowest BCUT2D eigenvalue weighted by Gasteiger charge is -2.36. The smallest absolute Gasteiger partial charge is 0.137 e. The summed E-state index contributed by atoms with van der Waals surface area (Å²) >= 11 is 0. The average molecular weight is 276 g/mol. The molecule has 0 radical (unpaired) electrons. The molecule has 0 bridgehead atoms. The number of hydrogen-bond acceptors (Lipinski definition) is 5. The summed E-state index contributed by atoms with van der Waals surface area (Å²) in [5.74, 6) is 0.478. The molecule has 0 saturated heterocycles. The van der Waals surface area contributed by atoms with Gasteiger partial charge in [-0.2, -0.15) is 5.26 Å². The molecule has 20 heavy (non-hydrogen) atoms. The Morgan fingerprint density at radius 2 is 2.15 bits per heavy atom. The number of para-hydroxylation sites is 1. The second kappa shape index (κ2) is 6.71. The maximum absolute atomic E-state index is 9.89. The number of aliphatic hydroxyl groups is 2. The second-order valence-corrected chi connectivity index (χ2v) is 5.28. The van der Waals surface area contributed by atoms with Crippen LogP contribution < -0.4 is 10.1 Å². The molecule has 0 aliphatic heterocycles. The average Bonchev–Trinajstić information content (AvgIpc) is 2.43. The zero-order valence-electron chi connectivity index (χ0n) is 11.4. The number of nitriles is 1. The molecule has 0 amide bonds. The highest BCUT2D eigenvalue weighted by Crippen LogP contribution is 2.30. The van der Waals surface area contributed by atoms with Gasteiger partial charge >= 0.3 is 0 Å². The zero-order valence-corrected chi connectivity index (χ0v) is 11.4. The molecule has 1 aliphatic carbocycles.